The minimum Gasteiger partial charge on any atom is -0.492 e. The lowest BCUT2D eigenvalue weighted by atomic mass is 10.2. The summed E-state index contributed by atoms with van der Waals surface area (Å²) in [5, 5.41) is 5.95. The van der Waals surface area contributed by atoms with Crippen LogP contribution < -0.4 is 24.8 Å². The number of carbonyl (C=O) groups excluding carboxylic acids is 1. The zero-order valence-corrected chi connectivity index (χ0v) is 15.5. The van der Waals surface area contributed by atoms with Crippen LogP contribution >= 0.6 is 0 Å². The molecule has 1 amide bonds. The van der Waals surface area contributed by atoms with Gasteiger partial charge in [0.1, 0.15) is 5.75 Å². The minimum atomic E-state index is -0.164. The second-order valence-corrected chi connectivity index (χ2v) is 5.36. The molecule has 0 radical (unpaired) electrons. The Balaban J connectivity index is 1.98. The zero-order valence-electron chi connectivity index (χ0n) is 15.5. The van der Waals surface area contributed by atoms with Crippen molar-refractivity contribution in [1.29, 1.82) is 0 Å². The number of ether oxygens (including phenoxy) is 3. The summed E-state index contributed by atoms with van der Waals surface area (Å²) in [6.45, 7) is 7.50. The number of anilines is 2. The molecule has 0 heterocycles. The van der Waals surface area contributed by atoms with Crippen molar-refractivity contribution in [1.82, 2.24) is 0 Å². The first-order chi connectivity index (χ1) is 12.7. The van der Waals surface area contributed by atoms with Gasteiger partial charge in [-0.15, -0.1) is 0 Å². The Kier molecular flexibility index (Phi) is 7.61. The number of hydrogen-bond acceptors (Lipinski definition) is 5. The van der Waals surface area contributed by atoms with Crippen molar-refractivity contribution in [2.75, 3.05) is 37.0 Å². The van der Waals surface area contributed by atoms with E-state index in [2.05, 4.69) is 10.6 Å². The summed E-state index contributed by atoms with van der Waals surface area (Å²) in [6.07, 6.45) is 0. The van der Waals surface area contributed by atoms with Gasteiger partial charge in [-0.2, -0.15) is 0 Å². The minimum absolute atomic E-state index is 0.126. The van der Waals surface area contributed by atoms with Crippen LogP contribution in [0.15, 0.2) is 42.5 Å². The molecule has 0 fully saturated rings. The number of amides is 1. The third-order valence-electron chi connectivity index (χ3n) is 3.45. The molecule has 6 heteroatoms. The van der Waals surface area contributed by atoms with Crippen molar-refractivity contribution in [3.63, 3.8) is 0 Å². The van der Waals surface area contributed by atoms with E-state index in [1.165, 1.54) is 0 Å². The van der Waals surface area contributed by atoms with Crippen LogP contribution in [0.25, 0.3) is 0 Å². The fraction of sp³-hybridized carbons (Fsp3) is 0.350. The topological polar surface area (TPSA) is 68.8 Å². The molecule has 0 saturated heterocycles. The molecule has 2 aromatic carbocycles. The van der Waals surface area contributed by atoms with Crippen molar-refractivity contribution in [3.8, 4) is 17.2 Å². The van der Waals surface area contributed by atoms with Gasteiger partial charge in [-0.25, -0.2) is 0 Å². The van der Waals surface area contributed by atoms with E-state index in [0.29, 0.717) is 37.0 Å². The van der Waals surface area contributed by atoms with Gasteiger partial charge in [-0.05, 0) is 45.0 Å². The van der Waals surface area contributed by atoms with E-state index in [1.807, 2.05) is 45.0 Å². The van der Waals surface area contributed by atoms with Crippen LogP contribution in [0.3, 0.4) is 0 Å². The molecule has 2 aromatic rings. The van der Waals surface area contributed by atoms with Crippen LogP contribution in [-0.4, -0.2) is 32.3 Å². The molecule has 0 unspecified atom stereocenters. The summed E-state index contributed by atoms with van der Waals surface area (Å²) in [6, 6.07) is 12.9. The highest BCUT2D eigenvalue weighted by Gasteiger charge is 2.09. The van der Waals surface area contributed by atoms with Crippen LogP contribution in [0.5, 0.6) is 17.2 Å². The smallest absolute Gasteiger partial charge is 0.243 e. The summed E-state index contributed by atoms with van der Waals surface area (Å²) < 4.78 is 16.6. The largest absolute Gasteiger partial charge is 0.492 e. The van der Waals surface area contributed by atoms with Crippen LogP contribution in [-0.2, 0) is 4.79 Å². The first kappa shape index (κ1) is 19.4. The summed E-state index contributed by atoms with van der Waals surface area (Å²) in [5.41, 5.74) is 1.44. The Hall–Kier alpha value is -2.89. The summed E-state index contributed by atoms with van der Waals surface area (Å²) >= 11 is 0. The van der Waals surface area contributed by atoms with Gasteiger partial charge in [0.15, 0.2) is 11.5 Å². The van der Waals surface area contributed by atoms with E-state index >= 15 is 0 Å². The van der Waals surface area contributed by atoms with E-state index in [4.69, 9.17) is 14.2 Å². The zero-order chi connectivity index (χ0) is 18.8. The lowest BCUT2D eigenvalue weighted by Crippen LogP contribution is -2.22. The molecule has 0 bridgehead atoms. The fourth-order valence-electron chi connectivity index (χ4n) is 2.40. The third-order valence-corrected chi connectivity index (χ3v) is 3.45. The maximum atomic E-state index is 12.2. The molecule has 2 rings (SSSR count). The normalized spacial score (nSPS) is 10.1. The van der Waals surface area contributed by atoms with Crippen molar-refractivity contribution in [2.45, 2.75) is 20.8 Å². The average Bonchev–Trinajstić information content (AvgIpc) is 2.64. The van der Waals surface area contributed by atoms with Crippen LogP contribution in [0.2, 0.25) is 0 Å². The monoisotopic (exact) mass is 358 g/mol. The number of para-hydroxylation sites is 2. The Labute approximate surface area is 154 Å². The van der Waals surface area contributed by atoms with E-state index in [-0.39, 0.29) is 12.5 Å². The Morgan fingerprint density at radius 1 is 0.846 bits per heavy atom. The number of carbonyl (C=O) groups is 1. The first-order valence-electron chi connectivity index (χ1n) is 8.83. The molecule has 0 aromatic heterocycles. The molecule has 0 aliphatic rings. The molecule has 2 N–H and O–H groups in total. The van der Waals surface area contributed by atoms with E-state index in [1.54, 1.807) is 18.2 Å². The molecule has 0 aliphatic heterocycles. The van der Waals surface area contributed by atoms with Gasteiger partial charge in [0.05, 0.1) is 32.1 Å². The highest BCUT2D eigenvalue weighted by Crippen LogP contribution is 2.30. The second kappa shape index (κ2) is 10.2. The predicted octanol–water partition coefficient (Wildman–Crippen LogP) is 3.93. The molecular weight excluding hydrogens is 332 g/mol. The average molecular weight is 358 g/mol. The van der Waals surface area contributed by atoms with Gasteiger partial charge in [-0.3, -0.25) is 4.79 Å². The Bertz CT molecular complexity index is 719. The van der Waals surface area contributed by atoms with Gasteiger partial charge in [0, 0.05) is 11.8 Å². The fourth-order valence-corrected chi connectivity index (χ4v) is 2.40. The lowest BCUT2D eigenvalue weighted by Gasteiger charge is -2.14. The summed E-state index contributed by atoms with van der Waals surface area (Å²) in [7, 11) is 0. The quantitative estimate of drug-likeness (QED) is 0.673. The van der Waals surface area contributed by atoms with Gasteiger partial charge in [0.2, 0.25) is 5.91 Å². The van der Waals surface area contributed by atoms with Crippen molar-refractivity contribution >= 4 is 17.3 Å². The molecule has 0 spiro atoms. The molecule has 6 nitrogen and oxygen atoms in total. The number of rotatable bonds is 10. The molecule has 140 valence electrons. The summed E-state index contributed by atoms with van der Waals surface area (Å²) in [5.74, 6) is 1.84. The number of hydrogen-bond donors (Lipinski definition) is 2. The Morgan fingerprint density at radius 3 is 2.23 bits per heavy atom. The first-order valence-corrected chi connectivity index (χ1v) is 8.83. The van der Waals surface area contributed by atoms with Gasteiger partial charge < -0.3 is 24.8 Å². The van der Waals surface area contributed by atoms with Gasteiger partial charge >= 0.3 is 0 Å². The lowest BCUT2D eigenvalue weighted by molar-refractivity contribution is -0.114. The maximum absolute atomic E-state index is 12.2. The highest BCUT2D eigenvalue weighted by molar-refractivity contribution is 5.94. The maximum Gasteiger partial charge on any atom is 0.243 e. The van der Waals surface area contributed by atoms with Crippen molar-refractivity contribution < 1.29 is 19.0 Å². The van der Waals surface area contributed by atoms with Crippen molar-refractivity contribution in [2.24, 2.45) is 0 Å². The molecular formula is C20H26N2O4. The van der Waals surface area contributed by atoms with E-state index < -0.39 is 0 Å². The molecule has 0 saturated carbocycles. The highest BCUT2D eigenvalue weighted by atomic mass is 16.5. The second-order valence-electron chi connectivity index (χ2n) is 5.36. The predicted molar refractivity (Wildman–Crippen MR) is 104 cm³/mol. The standard InChI is InChI=1S/C20H26N2O4/c1-4-24-17-10-8-7-9-16(17)21-14-20(23)22-15-11-12-18(25-5-2)19(13-15)26-6-3/h7-13,21H,4-6,14H2,1-3H3,(H,22,23). The number of nitrogens with one attached hydrogen (secondary N) is 2. The van der Waals surface area contributed by atoms with E-state index in [9.17, 15) is 4.79 Å². The summed E-state index contributed by atoms with van der Waals surface area (Å²) in [4.78, 5) is 12.2. The SMILES string of the molecule is CCOc1ccccc1NCC(=O)Nc1ccc(OCC)c(OCC)c1. The third kappa shape index (κ3) is 5.58. The molecule has 0 atom stereocenters. The molecule has 0 aliphatic carbocycles. The van der Waals surface area contributed by atoms with Gasteiger partial charge in [-0.1, -0.05) is 12.1 Å². The van der Waals surface area contributed by atoms with Gasteiger partial charge in [0.25, 0.3) is 0 Å². The van der Waals surface area contributed by atoms with Crippen LogP contribution in [0.4, 0.5) is 11.4 Å². The van der Waals surface area contributed by atoms with E-state index in [0.717, 1.165) is 11.4 Å². The molecule has 26 heavy (non-hydrogen) atoms. The van der Waals surface area contributed by atoms with Crippen LogP contribution in [0.1, 0.15) is 20.8 Å². The number of benzene rings is 2. The van der Waals surface area contributed by atoms with Crippen LogP contribution in [0, 0.1) is 0 Å². The van der Waals surface area contributed by atoms with Crippen molar-refractivity contribution in [3.05, 3.63) is 42.5 Å². The Morgan fingerprint density at radius 2 is 1.50 bits per heavy atom.